The number of hydrogen-bond acceptors (Lipinski definition) is 4. The molecule has 0 aliphatic heterocycles. The fourth-order valence-electron chi connectivity index (χ4n) is 3.67. The van der Waals surface area contributed by atoms with Crippen molar-refractivity contribution in [2.75, 3.05) is 10.8 Å². The molecule has 7 nitrogen and oxygen atoms in total. The van der Waals surface area contributed by atoms with Gasteiger partial charge in [0.15, 0.2) is 0 Å². The predicted octanol–water partition coefficient (Wildman–Crippen LogP) is 4.21. The quantitative estimate of drug-likeness (QED) is 0.421. The topological polar surface area (TPSA) is 86.8 Å². The number of anilines is 1. The zero-order valence-corrected chi connectivity index (χ0v) is 21.7. The first-order valence-electron chi connectivity index (χ1n) is 12.0. The van der Waals surface area contributed by atoms with Crippen LogP contribution in [0.15, 0.2) is 95.9 Å². The van der Waals surface area contributed by atoms with E-state index >= 15 is 0 Å². The number of rotatable bonds is 11. The van der Waals surface area contributed by atoms with Crippen molar-refractivity contribution in [3.63, 3.8) is 0 Å². The Morgan fingerprint density at radius 3 is 1.92 bits per heavy atom. The number of hydrogen-bond donors (Lipinski definition) is 1. The lowest BCUT2D eigenvalue weighted by Gasteiger charge is -2.32. The van der Waals surface area contributed by atoms with E-state index in [0.29, 0.717) is 5.69 Å². The SMILES string of the molecule is CC[C@@H](C)NC(=O)[C@H](C)N(Cc1ccccc1)C(=O)CN(c1ccccc1)S(=O)(=O)c1ccccc1. The summed E-state index contributed by atoms with van der Waals surface area (Å²) in [6.07, 6.45) is 0.752. The highest BCUT2D eigenvalue weighted by molar-refractivity contribution is 7.92. The summed E-state index contributed by atoms with van der Waals surface area (Å²) >= 11 is 0. The lowest BCUT2D eigenvalue weighted by molar-refractivity contribution is -0.139. The van der Waals surface area contributed by atoms with Gasteiger partial charge in [-0.25, -0.2) is 8.42 Å². The van der Waals surface area contributed by atoms with E-state index in [2.05, 4.69) is 5.32 Å². The van der Waals surface area contributed by atoms with E-state index in [1.165, 1.54) is 17.0 Å². The first-order chi connectivity index (χ1) is 17.2. The van der Waals surface area contributed by atoms with Gasteiger partial charge < -0.3 is 10.2 Å². The van der Waals surface area contributed by atoms with Crippen molar-refractivity contribution in [2.45, 2.75) is 50.7 Å². The molecule has 1 N–H and O–H groups in total. The highest BCUT2D eigenvalue weighted by Crippen LogP contribution is 2.24. The summed E-state index contributed by atoms with van der Waals surface area (Å²) < 4.78 is 28.3. The molecule has 0 spiro atoms. The molecule has 190 valence electrons. The van der Waals surface area contributed by atoms with Crippen LogP contribution in [-0.2, 0) is 26.2 Å². The maximum Gasteiger partial charge on any atom is 0.264 e. The van der Waals surface area contributed by atoms with Crippen molar-refractivity contribution < 1.29 is 18.0 Å². The van der Waals surface area contributed by atoms with Crippen LogP contribution < -0.4 is 9.62 Å². The minimum absolute atomic E-state index is 0.0482. The fraction of sp³-hybridized carbons (Fsp3) is 0.286. The highest BCUT2D eigenvalue weighted by atomic mass is 32.2. The largest absolute Gasteiger partial charge is 0.352 e. The number of benzene rings is 3. The van der Waals surface area contributed by atoms with E-state index in [9.17, 15) is 18.0 Å². The second-order valence-electron chi connectivity index (χ2n) is 8.66. The summed E-state index contributed by atoms with van der Waals surface area (Å²) in [6, 6.07) is 25.0. The Labute approximate surface area is 213 Å². The number of para-hydroxylation sites is 1. The molecule has 0 heterocycles. The molecule has 36 heavy (non-hydrogen) atoms. The molecule has 0 aliphatic carbocycles. The van der Waals surface area contributed by atoms with Crippen LogP contribution in [0.3, 0.4) is 0 Å². The standard InChI is InChI=1S/C28H33N3O4S/c1-4-22(2)29-28(33)23(3)30(20-24-14-8-5-9-15-24)27(32)21-31(25-16-10-6-11-17-25)36(34,35)26-18-12-7-13-19-26/h5-19,22-23H,4,20-21H2,1-3H3,(H,29,33)/t22-,23+/m1/s1. The van der Waals surface area contributed by atoms with E-state index in [0.717, 1.165) is 16.3 Å². The van der Waals surface area contributed by atoms with Crippen molar-refractivity contribution in [1.29, 1.82) is 0 Å². The summed E-state index contributed by atoms with van der Waals surface area (Å²) in [6.45, 7) is 5.25. The minimum atomic E-state index is -4.04. The number of carbonyl (C=O) groups is 2. The van der Waals surface area contributed by atoms with Crippen molar-refractivity contribution in [2.24, 2.45) is 0 Å². The molecule has 2 amide bonds. The minimum Gasteiger partial charge on any atom is -0.352 e. The van der Waals surface area contributed by atoms with Gasteiger partial charge in [-0.2, -0.15) is 0 Å². The molecule has 8 heteroatoms. The van der Waals surface area contributed by atoms with Gasteiger partial charge in [-0.3, -0.25) is 13.9 Å². The third kappa shape index (κ3) is 6.73. The number of nitrogens with zero attached hydrogens (tertiary/aromatic N) is 2. The third-order valence-electron chi connectivity index (χ3n) is 6.02. The summed E-state index contributed by atoms with van der Waals surface area (Å²) in [5.41, 5.74) is 1.21. The zero-order valence-electron chi connectivity index (χ0n) is 20.9. The van der Waals surface area contributed by atoms with Crippen LogP contribution in [0.5, 0.6) is 0 Å². The van der Waals surface area contributed by atoms with Crippen molar-refractivity contribution in [1.82, 2.24) is 10.2 Å². The Bertz CT molecular complexity index is 1240. The molecular formula is C28H33N3O4S. The van der Waals surface area contributed by atoms with Crippen LogP contribution in [0.25, 0.3) is 0 Å². The van der Waals surface area contributed by atoms with Gasteiger partial charge in [0.25, 0.3) is 10.0 Å². The highest BCUT2D eigenvalue weighted by Gasteiger charge is 2.32. The van der Waals surface area contributed by atoms with Crippen LogP contribution in [0, 0.1) is 0 Å². The second kappa shape index (κ2) is 12.4. The average Bonchev–Trinajstić information content (AvgIpc) is 2.91. The van der Waals surface area contributed by atoms with Gasteiger partial charge in [-0.05, 0) is 50.1 Å². The number of nitrogens with one attached hydrogen (secondary N) is 1. The maximum atomic E-state index is 13.8. The van der Waals surface area contributed by atoms with E-state index in [-0.39, 0.29) is 23.4 Å². The molecule has 2 atom stereocenters. The van der Waals surface area contributed by atoms with E-state index in [1.807, 2.05) is 44.2 Å². The molecule has 0 aliphatic rings. The van der Waals surface area contributed by atoms with Crippen molar-refractivity contribution in [3.8, 4) is 0 Å². The molecule has 0 bridgehead atoms. The fourth-order valence-corrected chi connectivity index (χ4v) is 5.11. The zero-order chi connectivity index (χ0) is 26.1. The Balaban J connectivity index is 1.97. The predicted molar refractivity (Wildman–Crippen MR) is 142 cm³/mol. The molecule has 0 aromatic heterocycles. The van der Waals surface area contributed by atoms with Gasteiger partial charge in [0.2, 0.25) is 11.8 Å². The lowest BCUT2D eigenvalue weighted by atomic mass is 10.1. The van der Waals surface area contributed by atoms with Crippen LogP contribution >= 0.6 is 0 Å². The maximum absolute atomic E-state index is 13.8. The first-order valence-corrected chi connectivity index (χ1v) is 13.4. The van der Waals surface area contributed by atoms with E-state index < -0.39 is 28.5 Å². The lowest BCUT2D eigenvalue weighted by Crippen LogP contribution is -2.52. The Morgan fingerprint density at radius 2 is 1.36 bits per heavy atom. The summed E-state index contributed by atoms with van der Waals surface area (Å²) in [7, 11) is -4.04. The van der Waals surface area contributed by atoms with Crippen molar-refractivity contribution in [3.05, 3.63) is 96.6 Å². The molecule has 3 rings (SSSR count). The van der Waals surface area contributed by atoms with Gasteiger partial charge in [-0.1, -0.05) is 73.7 Å². The number of carbonyl (C=O) groups excluding carboxylic acids is 2. The Kier molecular flexibility index (Phi) is 9.25. The molecule has 0 radical (unpaired) electrons. The van der Waals surface area contributed by atoms with E-state index in [4.69, 9.17) is 0 Å². The summed E-state index contributed by atoms with van der Waals surface area (Å²) in [5, 5.41) is 2.93. The van der Waals surface area contributed by atoms with E-state index in [1.54, 1.807) is 55.5 Å². The molecule has 3 aromatic carbocycles. The molecule has 0 unspecified atom stereocenters. The van der Waals surface area contributed by atoms with Gasteiger partial charge in [-0.15, -0.1) is 0 Å². The average molecular weight is 508 g/mol. The molecule has 0 fully saturated rings. The van der Waals surface area contributed by atoms with Crippen LogP contribution in [0.1, 0.15) is 32.8 Å². The van der Waals surface area contributed by atoms with Gasteiger partial charge in [0.1, 0.15) is 12.6 Å². The Morgan fingerprint density at radius 1 is 0.833 bits per heavy atom. The number of amides is 2. The Hall–Kier alpha value is -3.65. The number of sulfonamides is 1. The molecule has 0 saturated carbocycles. The van der Waals surface area contributed by atoms with Crippen LogP contribution in [0.2, 0.25) is 0 Å². The third-order valence-corrected chi connectivity index (χ3v) is 7.81. The van der Waals surface area contributed by atoms with Gasteiger partial charge in [0, 0.05) is 12.6 Å². The second-order valence-corrected chi connectivity index (χ2v) is 10.5. The van der Waals surface area contributed by atoms with Gasteiger partial charge >= 0.3 is 0 Å². The molecule has 0 saturated heterocycles. The summed E-state index contributed by atoms with van der Waals surface area (Å²) in [5.74, 6) is -0.764. The smallest absolute Gasteiger partial charge is 0.264 e. The summed E-state index contributed by atoms with van der Waals surface area (Å²) in [4.78, 5) is 28.3. The van der Waals surface area contributed by atoms with Crippen LogP contribution in [0.4, 0.5) is 5.69 Å². The normalized spacial score (nSPS) is 12.9. The molecular weight excluding hydrogens is 474 g/mol. The van der Waals surface area contributed by atoms with Gasteiger partial charge in [0.05, 0.1) is 10.6 Å². The van der Waals surface area contributed by atoms with Crippen LogP contribution in [-0.4, -0.2) is 43.8 Å². The first kappa shape index (κ1) is 26.9. The van der Waals surface area contributed by atoms with Crippen molar-refractivity contribution >= 4 is 27.5 Å². The monoisotopic (exact) mass is 507 g/mol. The molecule has 3 aromatic rings.